The third-order valence-corrected chi connectivity index (χ3v) is 2.52. The maximum atomic E-state index is 13.2. The van der Waals surface area contributed by atoms with Gasteiger partial charge in [-0.3, -0.25) is 4.79 Å². The number of nitrogens with two attached hydrogens (primary N) is 2. The number of primary amides is 1. The van der Waals surface area contributed by atoms with Crippen molar-refractivity contribution in [1.29, 1.82) is 0 Å². The van der Waals surface area contributed by atoms with Crippen LogP contribution in [0.1, 0.15) is 15.9 Å². The molecular formula is C12H11FN4O. The molecule has 4 N–H and O–H groups in total. The standard InChI is InChI=1S/C12H11FN4O/c1-6-2-3-7(13)4-8(6)12-16-5-9(11(15)18)10(14)17-12/h2-5H,1H3,(H2,15,18)(H2,14,16,17). The van der Waals surface area contributed by atoms with Crippen molar-refractivity contribution in [2.24, 2.45) is 5.73 Å². The number of amides is 1. The van der Waals surface area contributed by atoms with Crippen LogP contribution in [0.2, 0.25) is 0 Å². The summed E-state index contributed by atoms with van der Waals surface area (Å²) >= 11 is 0. The molecule has 0 saturated carbocycles. The first-order valence-corrected chi connectivity index (χ1v) is 5.18. The van der Waals surface area contributed by atoms with Crippen LogP contribution in [0.25, 0.3) is 11.4 Å². The number of rotatable bonds is 2. The summed E-state index contributed by atoms with van der Waals surface area (Å²) in [5.41, 5.74) is 12.1. The third-order valence-electron chi connectivity index (χ3n) is 2.52. The van der Waals surface area contributed by atoms with E-state index in [1.807, 2.05) is 0 Å². The first-order valence-electron chi connectivity index (χ1n) is 5.18. The molecule has 1 aromatic heterocycles. The Morgan fingerprint density at radius 2 is 2.11 bits per heavy atom. The number of hydrogen-bond donors (Lipinski definition) is 2. The number of nitrogen functional groups attached to an aromatic ring is 1. The van der Waals surface area contributed by atoms with Crippen molar-refractivity contribution >= 4 is 11.7 Å². The van der Waals surface area contributed by atoms with Crippen LogP contribution < -0.4 is 11.5 Å². The highest BCUT2D eigenvalue weighted by atomic mass is 19.1. The van der Waals surface area contributed by atoms with Crippen molar-refractivity contribution in [1.82, 2.24) is 9.97 Å². The van der Waals surface area contributed by atoms with Gasteiger partial charge in [0, 0.05) is 11.8 Å². The van der Waals surface area contributed by atoms with Crippen LogP contribution in [-0.2, 0) is 0 Å². The quantitative estimate of drug-likeness (QED) is 0.834. The molecule has 5 nitrogen and oxygen atoms in total. The fraction of sp³-hybridized carbons (Fsp3) is 0.0833. The minimum Gasteiger partial charge on any atom is -0.383 e. The molecule has 2 aromatic rings. The predicted octanol–water partition coefficient (Wildman–Crippen LogP) is 1.27. The molecular weight excluding hydrogens is 235 g/mol. The number of carbonyl (C=O) groups excluding carboxylic acids is 1. The molecule has 0 fully saturated rings. The zero-order valence-electron chi connectivity index (χ0n) is 9.64. The number of anilines is 1. The van der Waals surface area contributed by atoms with Gasteiger partial charge in [-0.1, -0.05) is 6.07 Å². The smallest absolute Gasteiger partial charge is 0.254 e. The van der Waals surface area contributed by atoms with Crippen LogP contribution in [0.3, 0.4) is 0 Å². The van der Waals surface area contributed by atoms with Gasteiger partial charge in [-0.15, -0.1) is 0 Å². The molecule has 0 aliphatic rings. The van der Waals surface area contributed by atoms with E-state index in [2.05, 4.69) is 9.97 Å². The van der Waals surface area contributed by atoms with E-state index in [0.717, 1.165) is 5.56 Å². The van der Waals surface area contributed by atoms with Crippen LogP contribution in [0.4, 0.5) is 10.2 Å². The minimum atomic E-state index is -0.699. The van der Waals surface area contributed by atoms with E-state index in [0.29, 0.717) is 5.56 Å². The van der Waals surface area contributed by atoms with E-state index >= 15 is 0 Å². The van der Waals surface area contributed by atoms with Crippen molar-refractivity contribution in [3.63, 3.8) is 0 Å². The molecule has 18 heavy (non-hydrogen) atoms. The van der Waals surface area contributed by atoms with E-state index in [4.69, 9.17) is 11.5 Å². The number of benzene rings is 1. The highest BCUT2D eigenvalue weighted by molar-refractivity contribution is 5.96. The summed E-state index contributed by atoms with van der Waals surface area (Å²) in [6.45, 7) is 1.80. The van der Waals surface area contributed by atoms with E-state index < -0.39 is 11.7 Å². The normalized spacial score (nSPS) is 10.3. The topological polar surface area (TPSA) is 94.9 Å². The second kappa shape index (κ2) is 4.40. The lowest BCUT2D eigenvalue weighted by Gasteiger charge is -2.06. The second-order valence-corrected chi connectivity index (χ2v) is 3.82. The fourth-order valence-electron chi connectivity index (χ4n) is 1.55. The summed E-state index contributed by atoms with van der Waals surface area (Å²) in [6, 6.07) is 4.28. The molecule has 0 spiro atoms. The van der Waals surface area contributed by atoms with E-state index in [1.165, 1.54) is 18.3 Å². The molecule has 1 heterocycles. The van der Waals surface area contributed by atoms with Crippen LogP contribution in [-0.4, -0.2) is 15.9 Å². The summed E-state index contributed by atoms with van der Waals surface area (Å²) in [6.07, 6.45) is 1.24. The van der Waals surface area contributed by atoms with Crippen LogP contribution in [0.15, 0.2) is 24.4 Å². The van der Waals surface area contributed by atoms with Crippen molar-refractivity contribution in [2.75, 3.05) is 5.73 Å². The van der Waals surface area contributed by atoms with Gasteiger partial charge in [0.05, 0.1) is 5.56 Å². The summed E-state index contributed by atoms with van der Waals surface area (Å²) in [7, 11) is 0. The zero-order chi connectivity index (χ0) is 13.3. The number of aryl methyl sites for hydroxylation is 1. The van der Waals surface area contributed by atoms with Gasteiger partial charge >= 0.3 is 0 Å². The molecule has 0 unspecified atom stereocenters. The fourth-order valence-corrected chi connectivity index (χ4v) is 1.55. The summed E-state index contributed by atoms with van der Waals surface area (Å²) in [5.74, 6) is -0.850. The van der Waals surface area contributed by atoms with Crippen molar-refractivity contribution in [3.8, 4) is 11.4 Å². The van der Waals surface area contributed by atoms with Crippen LogP contribution >= 0.6 is 0 Å². The maximum absolute atomic E-state index is 13.2. The lowest BCUT2D eigenvalue weighted by Crippen LogP contribution is -2.15. The molecule has 1 amide bonds. The van der Waals surface area contributed by atoms with Gasteiger partial charge in [-0.25, -0.2) is 14.4 Å². The van der Waals surface area contributed by atoms with Gasteiger partial charge in [0.15, 0.2) is 5.82 Å². The lowest BCUT2D eigenvalue weighted by atomic mass is 10.1. The Morgan fingerprint density at radius 1 is 1.39 bits per heavy atom. The Bertz CT molecular complexity index is 627. The van der Waals surface area contributed by atoms with E-state index in [-0.39, 0.29) is 17.2 Å². The highest BCUT2D eigenvalue weighted by Crippen LogP contribution is 2.22. The Morgan fingerprint density at radius 3 is 2.72 bits per heavy atom. The Hall–Kier alpha value is -2.50. The first-order chi connectivity index (χ1) is 8.49. The zero-order valence-corrected chi connectivity index (χ0v) is 9.64. The molecule has 6 heteroatoms. The number of hydrogen-bond acceptors (Lipinski definition) is 4. The van der Waals surface area contributed by atoms with Crippen LogP contribution in [0.5, 0.6) is 0 Å². The number of aromatic nitrogens is 2. The van der Waals surface area contributed by atoms with Gasteiger partial charge < -0.3 is 11.5 Å². The third kappa shape index (κ3) is 2.13. The SMILES string of the molecule is Cc1ccc(F)cc1-c1ncc(C(N)=O)c(N)n1. The van der Waals surface area contributed by atoms with Gasteiger partial charge in [-0.05, 0) is 24.6 Å². The van der Waals surface area contributed by atoms with Crippen molar-refractivity contribution < 1.29 is 9.18 Å². The van der Waals surface area contributed by atoms with Crippen molar-refractivity contribution in [2.45, 2.75) is 6.92 Å². The molecule has 2 rings (SSSR count). The number of carbonyl (C=O) groups is 1. The second-order valence-electron chi connectivity index (χ2n) is 3.82. The van der Waals surface area contributed by atoms with Gasteiger partial charge in [-0.2, -0.15) is 0 Å². The molecule has 1 aromatic carbocycles. The van der Waals surface area contributed by atoms with Crippen LogP contribution in [0, 0.1) is 12.7 Å². The molecule has 0 aliphatic heterocycles. The monoisotopic (exact) mass is 246 g/mol. The number of halogens is 1. The molecule has 92 valence electrons. The van der Waals surface area contributed by atoms with Gasteiger partial charge in [0.25, 0.3) is 5.91 Å². The Balaban J connectivity index is 2.55. The van der Waals surface area contributed by atoms with Crippen molar-refractivity contribution in [3.05, 3.63) is 41.3 Å². The maximum Gasteiger partial charge on any atom is 0.254 e. The first kappa shape index (κ1) is 12.0. The summed E-state index contributed by atoms with van der Waals surface area (Å²) in [5, 5.41) is 0. The Labute approximate surface area is 103 Å². The molecule has 0 atom stereocenters. The molecule has 0 radical (unpaired) electrons. The minimum absolute atomic E-state index is 0.0174. The van der Waals surface area contributed by atoms with E-state index in [1.54, 1.807) is 13.0 Å². The number of nitrogens with zero attached hydrogens (tertiary/aromatic N) is 2. The average Bonchev–Trinajstić information content (AvgIpc) is 2.31. The largest absolute Gasteiger partial charge is 0.383 e. The van der Waals surface area contributed by atoms with Gasteiger partial charge in [0.1, 0.15) is 11.6 Å². The Kier molecular flexibility index (Phi) is 2.93. The molecule has 0 aliphatic carbocycles. The predicted molar refractivity (Wildman–Crippen MR) is 65.1 cm³/mol. The lowest BCUT2D eigenvalue weighted by molar-refractivity contribution is 0.100. The van der Waals surface area contributed by atoms with E-state index in [9.17, 15) is 9.18 Å². The molecule has 0 bridgehead atoms. The average molecular weight is 246 g/mol. The molecule has 0 saturated heterocycles. The summed E-state index contributed by atoms with van der Waals surface area (Å²) < 4.78 is 13.2. The summed E-state index contributed by atoms with van der Waals surface area (Å²) in [4.78, 5) is 18.9. The van der Waals surface area contributed by atoms with Gasteiger partial charge in [0.2, 0.25) is 0 Å². The highest BCUT2D eigenvalue weighted by Gasteiger charge is 2.12.